The highest BCUT2D eigenvalue weighted by Gasteiger charge is 2.59. The van der Waals surface area contributed by atoms with Gasteiger partial charge >= 0.3 is 0 Å². The average molecular weight is 483 g/mol. The molecule has 3 unspecified atom stereocenters. The van der Waals surface area contributed by atoms with Crippen molar-refractivity contribution in [1.29, 1.82) is 0 Å². The SMILES string of the molecule is C[C@H](CN1CCC(N2CCCCC2)CC1)[C@H]1CCC2C3CC=C4C[C@@H](O)CC[C@]4(C)C3CC[C@@]21C. The van der Waals surface area contributed by atoms with Crippen molar-refractivity contribution in [3.63, 3.8) is 0 Å². The van der Waals surface area contributed by atoms with Gasteiger partial charge in [-0.15, -0.1) is 0 Å². The quantitative estimate of drug-likeness (QED) is 0.463. The Hall–Kier alpha value is -0.380. The third kappa shape index (κ3) is 4.38. The molecule has 0 aromatic carbocycles. The van der Waals surface area contributed by atoms with Gasteiger partial charge in [-0.25, -0.2) is 0 Å². The van der Waals surface area contributed by atoms with Crippen LogP contribution in [0.2, 0.25) is 0 Å². The molecule has 4 aliphatic carbocycles. The van der Waals surface area contributed by atoms with Gasteiger partial charge in [0.25, 0.3) is 0 Å². The zero-order valence-corrected chi connectivity index (χ0v) is 23.2. The minimum absolute atomic E-state index is 0.0821. The van der Waals surface area contributed by atoms with Crippen LogP contribution < -0.4 is 0 Å². The number of rotatable bonds is 4. The molecule has 0 aromatic heterocycles. The zero-order chi connectivity index (χ0) is 24.2. The van der Waals surface area contributed by atoms with E-state index in [9.17, 15) is 5.11 Å². The maximum Gasteiger partial charge on any atom is 0.0577 e. The van der Waals surface area contributed by atoms with Crippen LogP contribution in [0.1, 0.15) is 104 Å². The van der Waals surface area contributed by atoms with Crippen LogP contribution in [0.5, 0.6) is 0 Å². The van der Waals surface area contributed by atoms with E-state index in [1.807, 2.05) is 0 Å². The Morgan fingerprint density at radius 2 is 1.69 bits per heavy atom. The molecule has 0 amide bonds. The summed E-state index contributed by atoms with van der Waals surface area (Å²) in [5, 5.41) is 10.3. The Morgan fingerprint density at radius 1 is 0.914 bits per heavy atom. The number of nitrogens with zero attached hydrogens (tertiary/aromatic N) is 2. The van der Waals surface area contributed by atoms with Crippen LogP contribution in [0, 0.1) is 40.4 Å². The van der Waals surface area contributed by atoms with E-state index in [4.69, 9.17) is 0 Å². The first-order valence-electron chi connectivity index (χ1n) is 15.7. The lowest BCUT2D eigenvalue weighted by Gasteiger charge is -2.58. The van der Waals surface area contributed by atoms with E-state index < -0.39 is 0 Å². The van der Waals surface area contributed by atoms with Crippen LogP contribution in [0.25, 0.3) is 0 Å². The van der Waals surface area contributed by atoms with E-state index >= 15 is 0 Å². The summed E-state index contributed by atoms with van der Waals surface area (Å²) in [6.07, 6.45) is 20.0. The van der Waals surface area contributed by atoms with Crippen molar-refractivity contribution >= 4 is 0 Å². The molecule has 0 bridgehead atoms. The molecule has 1 N–H and O–H groups in total. The molecule has 35 heavy (non-hydrogen) atoms. The second kappa shape index (κ2) is 9.73. The van der Waals surface area contributed by atoms with Crippen LogP contribution >= 0.6 is 0 Å². The van der Waals surface area contributed by atoms with Crippen molar-refractivity contribution in [2.24, 2.45) is 40.4 Å². The summed E-state index contributed by atoms with van der Waals surface area (Å²) in [4.78, 5) is 5.67. The number of fused-ring (bicyclic) bond motifs is 5. The zero-order valence-electron chi connectivity index (χ0n) is 23.2. The topological polar surface area (TPSA) is 26.7 Å². The molecule has 8 atom stereocenters. The van der Waals surface area contributed by atoms with Gasteiger partial charge in [0.05, 0.1) is 6.10 Å². The Morgan fingerprint density at radius 3 is 2.46 bits per heavy atom. The van der Waals surface area contributed by atoms with E-state index in [0.29, 0.717) is 10.8 Å². The molecule has 6 rings (SSSR count). The molecule has 5 fully saturated rings. The largest absolute Gasteiger partial charge is 0.393 e. The minimum Gasteiger partial charge on any atom is -0.393 e. The third-order valence-corrected chi connectivity index (χ3v) is 12.8. The second-order valence-corrected chi connectivity index (χ2v) is 14.5. The predicted octanol–water partition coefficient (Wildman–Crippen LogP) is 6.51. The van der Waals surface area contributed by atoms with E-state index in [0.717, 1.165) is 48.5 Å². The van der Waals surface area contributed by atoms with Gasteiger partial charge < -0.3 is 14.9 Å². The standard InChI is InChI=1S/C32H54N2O/c1-23(22-33-19-13-25(14-20-33)34-17-5-4-6-18-34)28-9-10-29-27-8-7-24-21-26(35)11-15-31(24,2)30(27)12-16-32(28,29)3/h7,23,25-30,35H,4-6,8-22H2,1-3H3/t23-,26+,27?,28-,29?,30?,31+,32-/m1/s1. The molecule has 3 heteroatoms. The lowest BCUT2D eigenvalue weighted by Crippen LogP contribution is -2.51. The van der Waals surface area contributed by atoms with Crippen molar-refractivity contribution in [3.05, 3.63) is 11.6 Å². The molecule has 2 heterocycles. The van der Waals surface area contributed by atoms with Crippen molar-refractivity contribution in [3.8, 4) is 0 Å². The highest BCUT2D eigenvalue weighted by molar-refractivity contribution is 5.25. The molecule has 0 aromatic rings. The van der Waals surface area contributed by atoms with Gasteiger partial charge in [-0.3, -0.25) is 0 Å². The van der Waals surface area contributed by atoms with Gasteiger partial charge in [-0.1, -0.05) is 38.8 Å². The van der Waals surface area contributed by atoms with Gasteiger partial charge in [0.15, 0.2) is 0 Å². The number of aliphatic hydroxyl groups is 1. The Kier molecular flexibility index (Phi) is 6.93. The molecule has 0 spiro atoms. The van der Waals surface area contributed by atoms with E-state index in [1.54, 1.807) is 5.57 Å². The second-order valence-electron chi connectivity index (χ2n) is 14.5. The van der Waals surface area contributed by atoms with Gasteiger partial charge in [-0.05, 0) is 144 Å². The average Bonchev–Trinajstić information content (AvgIpc) is 3.23. The lowest BCUT2D eigenvalue weighted by molar-refractivity contribution is -0.0591. The molecule has 6 aliphatic rings. The molecule has 2 aliphatic heterocycles. The van der Waals surface area contributed by atoms with Crippen LogP contribution in [0.3, 0.4) is 0 Å². The Labute approximate surface area is 216 Å². The molecule has 2 saturated heterocycles. The first-order valence-corrected chi connectivity index (χ1v) is 15.7. The summed E-state index contributed by atoms with van der Waals surface area (Å²) < 4.78 is 0. The summed E-state index contributed by atoms with van der Waals surface area (Å²) in [6, 6.07) is 0.872. The van der Waals surface area contributed by atoms with Crippen molar-refractivity contribution in [2.45, 2.75) is 116 Å². The van der Waals surface area contributed by atoms with Gasteiger partial charge in [-0.2, -0.15) is 0 Å². The fourth-order valence-electron chi connectivity index (χ4n) is 10.9. The summed E-state index contributed by atoms with van der Waals surface area (Å²) in [6.45, 7) is 14.6. The summed E-state index contributed by atoms with van der Waals surface area (Å²) >= 11 is 0. The molecule has 0 radical (unpaired) electrons. The maximum absolute atomic E-state index is 10.3. The Balaban J connectivity index is 1.08. The number of allylic oxidation sites excluding steroid dienone is 1. The van der Waals surface area contributed by atoms with Crippen LogP contribution in [-0.4, -0.2) is 59.8 Å². The van der Waals surface area contributed by atoms with Crippen LogP contribution in [0.15, 0.2) is 11.6 Å². The summed E-state index contributed by atoms with van der Waals surface area (Å²) in [5.74, 6) is 4.45. The number of likely N-dealkylation sites (tertiary alicyclic amines) is 2. The maximum atomic E-state index is 10.3. The predicted molar refractivity (Wildman–Crippen MR) is 145 cm³/mol. The number of aliphatic hydroxyl groups excluding tert-OH is 1. The first-order chi connectivity index (χ1) is 16.9. The van der Waals surface area contributed by atoms with Crippen molar-refractivity contribution in [2.75, 3.05) is 32.7 Å². The lowest BCUT2D eigenvalue weighted by atomic mass is 9.47. The number of hydrogen-bond donors (Lipinski definition) is 1. The third-order valence-electron chi connectivity index (χ3n) is 12.8. The monoisotopic (exact) mass is 482 g/mol. The number of piperidine rings is 2. The fourth-order valence-corrected chi connectivity index (χ4v) is 10.9. The van der Waals surface area contributed by atoms with E-state index in [-0.39, 0.29) is 6.10 Å². The van der Waals surface area contributed by atoms with Crippen LogP contribution in [0.4, 0.5) is 0 Å². The normalized spacial score (nSPS) is 46.4. The summed E-state index contributed by atoms with van der Waals surface area (Å²) in [7, 11) is 0. The highest BCUT2D eigenvalue weighted by atomic mass is 16.3. The first kappa shape index (κ1) is 24.9. The van der Waals surface area contributed by atoms with Crippen LogP contribution in [-0.2, 0) is 0 Å². The van der Waals surface area contributed by atoms with Gasteiger partial charge in [0, 0.05) is 12.6 Å². The Bertz CT molecular complexity index is 780. The van der Waals surface area contributed by atoms with Gasteiger partial charge in [0.1, 0.15) is 0 Å². The smallest absolute Gasteiger partial charge is 0.0577 e. The molecule has 3 saturated carbocycles. The van der Waals surface area contributed by atoms with Crippen molar-refractivity contribution in [1.82, 2.24) is 9.80 Å². The molecule has 198 valence electrons. The molecular formula is C32H54N2O. The molecular weight excluding hydrogens is 428 g/mol. The van der Waals surface area contributed by atoms with Gasteiger partial charge in [0.2, 0.25) is 0 Å². The highest BCUT2D eigenvalue weighted by Crippen LogP contribution is 2.67. The fraction of sp³-hybridized carbons (Fsp3) is 0.938. The van der Waals surface area contributed by atoms with E-state index in [1.165, 1.54) is 103 Å². The van der Waals surface area contributed by atoms with E-state index in [2.05, 4.69) is 36.6 Å². The summed E-state index contributed by atoms with van der Waals surface area (Å²) in [5.41, 5.74) is 2.56. The number of hydrogen-bond acceptors (Lipinski definition) is 3. The molecule has 3 nitrogen and oxygen atoms in total. The van der Waals surface area contributed by atoms with Crippen molar-refractivity contribution < 1.29 is 5.11 Å². The minimum atomic E-state index is -0.0821.